The number of carbonyl (C=O) groups is 1. The fourth-order valence-electron chi connectivity index (χ4n) is 3.00. The molecule has 3 rings (SSSR count). The predicted molar refractivity (Wildman–Crippen MR) is 82.7 cm³/mol. The molecule has 4 nitrogen and oxygen atoms in total. The molecule has 0 aliphatic carbocycles. The van der Waals surface area contributed by atoms with Gasteiger partial charge in [0.1, 0.15) is 0 Å². The van der Waals surface area contributed by atoms with E-state index >= 15 is 0 Å². The second-order valence-corrected chi connectivity index (χ2v) is 6.34. The molecule has 4 heteroatoms. The monoisotopic (exact) mass is 286 g/mol. The Labute approximate surface area is 125 Å². The average Bonchev–Trinajstić information content (AvgIpc) is 2.47. The van der Waals surface area contributed by atoms with E-state index in [0.717, 1.165) is 17.7 Å². The van der Waals surface area contributed by atoms with E-state index < -0.39 is 0 Å². The molecule has 2 aliphatic rings. The van der Waals surface area contributed by atoms with Crippen molar-refractivity contribution >= 4 is 11.6 Å². The van der Waals surface area contributed by atoms with E-state index in [1.54, 1.807) is 6.08 Å². The normalized spacial score (nSPS) is 22.6. The van der Waals surface area contributed by atoms with E-state index in [4.69, 9.17) is 4.74 Å². The van der Waals surface area contributed by atoms with Gasteiger partial charge in [-0.1, -0.05) is 24.3 Å². The molecule has 0 atom stereocenters. The second kappa shape index (κ2) is 5.53. The Bertz CT molecular complexity index is 572. The number of carbonyl (C=O) groups excluding carboxylic acids is 1. The molecule has 1 amide bonds. The molecule has 0 spiro atoms. The smallest absolute Gasteiger partial charge is 0.248 e. The maximum absolute atomic E-state index is 12.4. The quantitative estimate of drug-likeness (QED) is 0.801. The molecule has 0 aromatic heterocycles. The van der Waals surface area contributed by atoms with Crippen LogP contribution in [0.2, 0.25) is 0 Å². The highest BCUT2D eigenvalue weighted by Crippen LogP contribution is 2.29. The number of fused-ring (bicyclic) bond motifs is 1. The molecule has 0 saturated carbocycles. The van der Waals surface area contributed by atoms with Crippen LogP contribution in [0.25, 0.3) is 5.70 Å². The van der Waals surface area contributed by atoms with E-state index in [1.165, 1.54) is 5.56 Å². The van der Waals surface area contributed by atoms with Crippen LogP contribution < -0.4 is 5.32 Å². The van der Waals surface area contributed by atoms with Gasteiger partial charge < -0.3 is 15.0 Å². The first-order valence-corrected chi connectivity index (χ1v) is 7.50. The van der Waals surface area contributed by atoms with Crippen molar-refractivity contribution in [3.63, 3.8) is 0 Å². The molecule has 0 bridgehead atoms. The number of amides is 1. The van der Waals surface area contributed by atoms with Crippen LogP contribution in [0.3, 0.4) is 0 Å². The zero-order chi connectivity index (χ0) is 14.9. The number of rotatable bonds is 1. The van der Waals surface area contributed by atoms with Gasteiger partial charge in [0.2, 0.25) is 5.91 Å². The van der Waals surface area contributed by atoms with Gasteiger partial charge in [0, 0.05) is 36.0 Å². The Kier molecular flexibility index (Phi) is 3.72. The minimum absolute atomic E-state index is 0.0362. The summed E-state index contributed by atoms with van der Waals surface area (Å²) in [7, 11) is 0. The van der Waals surface area contributed by atoms with Crippen molar-refractivity contribution in [2.24, 2.45) is 0 Å². The fraction of sp³-hybridized carbons (Fsp3) is 0.471. The van der Waals surface area contributed by atoms with Crippen LogP contribution in [0.4, 0.5) is 0 Å². The molecule has 0 unspecified atom stereocenters. The van der Waals surface area contributed by atoms with Gasteiger partial charge in [-0.3, -0.25) is 4.79 Å². The molecule has 21 heavy (non-hydrogen) atoms. The summed E-state index contributed by atoms with van der Waals surface area (Å²) in [5.41, 5.74) is 3.32. The first-order chi connectivity index (χ1) is 10.1. The standard InChI is InChI=1S/C17H22N2O2/c1-17(2)12-13-5-3-4-6-14(13)15(18-17)11-16(20)19-7-9-21-10-8-19/h3-6,11,18H,7-10,12H2,1-2H3. The highest BCUT2D eigenvalue weighted by Gasteiger charge is 2.28. The highest BCUT2D eigenvalue weighted by molar-refractivity contribution is 5.95. The molecular formula is C17H22N2O2. The molecule has 1 saturated heterocycles. The Hall–Kier alpha value is -1.81. The van der Waals surface area contributed by atoms with E-state index in [-0.39, 0.29) is 11.4 Å². The lowest BCUT2D eigenvalue weighted by molar-refractivity contribution is -0.129. The lowest BCUT2D eigenvalue weighted by Crippen LogP contribution is -2.45. The van der Waals surface area contributed by atoms with Gasteiger partial charge in [-0.15, -0.1) is 0 Å². The van der Waals surface area contributed by atoms with Gasteiger partial charge in [0.15, 0.2) is 0 Å². The molecule has 2 heterocycles. The number of ether oxygens (including phenoxy) is 1. The molecule has 112 valence electrons. The summed E-state index contributed by atoms with van der Waals surface area (Å²) >= 11 is 0. The first kappa shape index (κ1) is 14.1. The Balaban J connectivity index is 1.89. The van der Waals surface area contributed by atoms with Gasteiger partial charge in [-0.05, 0) is 25.8 Å². The largest absolute Gasteiger partial charge is 0.379 e. The van der Waals surface area contributed by atoms with Crippen LogP contribution >= 0.6 is 0 Å². The lowest BCUT2D eigenvalue weighted by atomic mass is 9.86. The zero-order valence-electron chi connectivity index (χ0n) is 12.7. The van der Waals surface area contributed by atoms with E-state index in [9.17, 15) is 4.79 Å². The van der Waals surface area contributed by atoms with Crippen molar-refractivity contribution in [2.75, 3.05) is 26.3 Å². The van der Waals surface area contributed by atoms with Crippen molar-refractivity contribution in [1.82, 2.24) is 10.2 Å². The molecule has 1 aromatic rings. The van der Waals surface area contributed by atoms with Crippen LogP contribution in [0.15, 0.2) is 30.3 Å². The Morgan fingerprint density at radius 1 is 1.29 bits per heavy atom. The number of morpholine rings is 1. The summed E-state index contributed by atoms with van der Waals surface area (Å²) in [5.74, 6) is 0.0632. The van der Waals surface area contributed by atoms with Crippen molar-refractivity contribution in [3.05, 3.63) is 41.5 Å². The fourth-order valence-corrected chi connectivity index (χ4v) is 3.00. The van der Waals surface area contributed by atoms with Gasteiger partial charge in [-0.25, -0.2) is 0 Å². The van der Waals surface area contributed by atoms with Crippen LogP contribution in [-0.2, 0) is 16.0 Å². The third-order valence-electron chi connectivity index (χ3n) is 4.00. The topological polar surface area (TPSA) is 41.6 Å². The van der Waals surface area contributed by atoms with Gasteiger partial charge >= 0.3 is 0 Å². The molecule has 1 N–H and O–H groups in total. The highest BCUT2D eigenvalue weighted by atomic mass is 16.5. The van der Waals surface area contributed by atoms with Crippen molar-refractivity contribution < 1.29 is 9.53 Å². The number of benzene rings is 1. The summed E-state index contributed by atoms with van der Waals surface area (Å²) in [6.45, 7) is 6.93. The molecular weight excluding hydrogens is 264 g/mol. The Morgan fingerprint density at radius 3 is 2.76 bits per heavy atom. The first-order valence-electron chi connectivity index (χ1n) is 7.50. The number of nitrogens with one attached hydrogen (secondary N) is 1. The summed E-state index contributed by atoms with van der Waals surface area (Å²) in [6, 6.07) is 8.30. The maximum atomic E-state index is 12.4. The zero-order valence-corrected chi connectivity index (χ0v) is 12.7. The van der Waals surface area contributed by atoms with E-state index in [0.29, 0.717) is 26.3 Å². The van der Waals surface area contributed by atoms with Crippen molar-refractivity contribution in [3.8, 4) is 0 Å². The molecule has 0 radical (unpaired) electrons. The molecule has 2 aliphatic heterocycles. The third-order valence-corrected chi connectivity index (χ3v) is 4.00. The SMILES string of the molecule is CC1(C)Cc2ccccc2C(=CC(=O)N2CCOCC2)N1. The van der Waals surface area contributed by atoms with Crippen LogP contribution in [-0.4, -0.2) is 42.6 Å². The van der Waals surface area contributed by atoms with E-state index in [2.05, 4.69) is 37.4 Å². The summed E-state index contributed by atoms with van der Waals surface area (Å²) < 4.78 is 5.30. The van der Waals surface area contributed by atoms with Crippen LogP contribution in [0, 0.1) is 0 Å². The third kappa shape index (κ3) is 3.10. The average molecular weight is 286 g/mol. The second-order valence-electron chi connectivity index (χ2n) is 6.34. The molecule has 1 aromatic carbocycles. The molecule has 1 fully saturated rings. The van der Waals surface area contributed by atoms with E-state index in [1.807, 2.05) is 11.0 Å². The van der Waals surface area contributed by atoms with Gasteiger partial charge in [0.25, 0.3) is 0 Å². The van der Waals surface area contributed by atoms with Gasteiger partial charge in [-0.2, -0.15) is 0 Å². The number of hydrogen-bond acceptors (Lipinski definition) is 3. The van der Waals surface area contributed by atoms with Gasteiger partial charge in [0.05, 0.1) is 13.2 Å². The number of hydrogen-bond donors (Lipinski definition) is 1. The van der Waals surface area contributed by atoms with Crippen LogP contribution in [0.1, 0.15) is 25.0 Å². The summed E-state index contributed by atoms with van der Waals surface area (Å²) in [6.07, 6.45) is 2.71. The lowest BCUT2D eigenvalue weighted by Gasteiger charge is -2.36. The Morgan fingerprint density at radius 2 is 2.00 bits per heavy atom. The minimum Gasteiger partial charge on any atom is -0.379 e. The van der Waals surface area contributed by atoms with Crippen molar-refractivity contribution in [2.45, 2.75) is 25.8 Å². The van der Waals surface area contributed by atoms with Crippen LogP contribution in [0.5, 0.6) is 0 Å². The predicted octanol–water partition coefficient (Wildman–Crippen LogP) is 1.81. The summed E-state index contributed by atoms with van der Waals surface area (Å²) in [5, 5.41) is 3.50. The number of nitrogens with zero attached hydrogens (tertiary/aromatic N) is 1. The maximum Gasteiger partial charge on any atom is 0.248 e. The summed E-state index contributed by atoms with van der Waals surface area (Å²) in [4.78, 5) is 14.3. The minimum atomic E-state index is -0.0362. The van der Waals surface area contributed by atoms with Crippen molar-refractivity contribution in [1.29, 1.82) is 0 Å².